The maximum atomic E-state index is 13.6. The first kappa shape index (κ1) is 13.6. The highest BCUT2D eigenvalue weighted by atomic mass is 127. The van der Waals surface area contributed by atoms with Crippen LogP contribution in [0, 0.1) is 15.2 Å². The van der Waals surface area contributed by atoms with E-state index in [1.807, 2.05) is 0 Å². The van der Waals surface area contributed by atoms with E-state index in [9.17, 15) is 13.6 Å². The Kier molecular flexibility index (Phi) is 4.11. The molecular formula is C13H6BrF2IO. The van der Waals surface area contributed by atoms with Crippen molar-refractivity contribution in [1.29, 1.82) is 0 Å². The molecule has 0 spiro atoms. The van der Waals surface area contributed by atoms with Gasteiger partial charge in [0.2, 0.25) is 0 Å². The molecule has 0 atom stereocenters. The van der Waals surface area contributed by atoms with Crippen molar-refractivity contribution in [2.24, 2.45) is 0 Å². The molecule has 5 heteroatoms. The van der Waals surface area contributed by atoms with Crippen molar-refractivity contribution in [2.45, 2.75) is 0 Å². The van der Waals surface area contributed by atoms with E-state index in [1.165, 1.54) is 0 Å². The molecule has 0 saturated carbocycles. The van der Waals surface area contributed by atoms with Gasteiger partial charge >= 0.3 is 0 Å². The number of halogens is 4. The molecule has 2 aromatic carbocycles. The van der Waals surface area contributed by atoms with Gasteiger partial charge in [-0.15, -0.1) is 0 Å². The predicted octanol–water partition coefficient (Wildman–Crippen LogP) is 4.56. The molecule has 18 heavy (non-hydrogen) atoms. The van der Waals surface area contributed by atoms with Crippen LogP contribution in [0.1, 0.15) is 15.9 Å². The minimum atomic E-state index is -0.744. The average Bonchev–Trinajstić information content (AvgIpc) is 2.34. The zero-order valence-corrected chi connectivity index (χ0v) is 12.6. The second kappa shape index (κ2) is 5.44. The molecule has 0 N–H and O–H groups in total. The Morgan fingerprint density at radius 3 is 2.28 bits per heavy atom. The predicted molar refractivity (Wildman–Crippen MR) is 76.6 cm³/mol. The highest BCUT2D eigenvalue weighted by Crippen LogP contribution is 2.22. The lowest BCUT2D eigenvalue weighted by molar-refractivity contribution is 0.103. The van der Waals surface area contributed by atoms with Gasteiger partial charge in [0.05, 0.1) is 10.0 Å². The molecule has 2 rings (SSSR count). The first-order chi connectivity index (χ1) is 8.49. The minimum absolute atomic E-state index is 0.000778. The highest BCUT2D eigenvalue weighted by Gasteiger charge is 2.16. The summed E-state index contributed by atoms with van der Waals surface area (Å²) in [6.45, 7) is 0. The van der Waals surface area contributed by atoms with Crippen LogP contribution in [-0.4, -0.2) is 5.78 Å². The summed E-state index contributed by atoms with van der Waals surface area (Å²) in [5, 5.41) is 0. The number of rotatable bonds is 2. The molecule has 2 aromatic rings. The van der Waals surface area contributed by atoms with Crippen molar-refractivity contribution in [2.75, 3.05) is 0 Å². The summed E-state index contributed by atoms with van der Waals surface area (Å²) in [5.41, 5.74) is 0.0629. The minimum Gasteiger partial charge on any atom is -0.288 e. The van der Waals surface area contributed by atoms with Gasteiger partial charge in [0.1, 0.15) is 11.6 Å². The molecular weight excluding hydrogens is 417 g/mol. The fraction of sp³-hybridized carbons (Fsp3) is 0. The van der Waals surface area contributed by atoms with Gasteiger partial charge < -0.3 is 0 Å². The van der Waals surface area contributed by atoms with Crippen LogP contribution in [-0.2, 0) is 0 Å². The summed E-state index contributed by atoms with van der Waals surface area (Å²) in [6.07, 6.45) is 0. The van der Waals surface area contributed by atoms with Gasteiger partial charge in [-0.25, -0.2) is 8.78 Å². The van der Waals surface area contributed by atoms with E-state index in [2.05, 4.69) is 38.5 Å². The van der Waals surface area contributed by atoms with Crippen LogP contribution in [0.3, 0.4) is 0 Å². The first-order valence-electron chi connectivity index (χ1n) is 4.94. The molecule has 0 aliphatic rings. The summed E-state index contributed by atoms with van der Waals surface area (Å²) >= 11 is 4.97. The van der Waals surface area contributed by atoms with Crippen LogP contribution in [0.25, 0.3) is 0 Å². The molecule has 0 fully saturated rings. The van der Waals surface area contributed by atoms with Gasteiger partial charge in [-0.1, -0.05) is 0 Å². The van der Waals surface area contributed by atoms with Crippen molar-refractivity contribution >= 4 is 44.3 Å². The summed E-state index contributed by atoms with van der Waals surface area (Å²) in [6, 6.07) is 8.50. The molecule has 1 nitrogen and oxygen atoms in total. The van der Waals surface area contributed by atoms with Crippen molar-refractivity contribution in [3.05, 3.63) is 67.2 Å². The summed E-state index contributed by atoms with van der Waals surface area (Å²) in [5.74, 6) is -1.94. The number of ketones is 1. The summed E-state index contributed by atoms with van der Waals surface area (Å²) in [4.78, 5) is 12.0. The number of carbonyl (C=O) groups is 1. The molecule has 0 radical (unpaired) electrons. The lowest BCUT2D eigenvalue weighted by Gasteiger charge is -2.04. The third-order valence-electron chi connectivity index (χ3n) is 2.36. The fourth-order valence-electron chi connectivity index (χ4n) is 1.45. The van der Waals surface area contributed by atoms with Crippen LogP contribution < -0.4 is 0 Å². The number of hydrogen-bond donors (Lipinski definition) is 0. The Bertz CT molecular complexity index is 611. The Morgan fingerprint density at radius 1 is 1.06 bits per heavy atom. The summed E-state index contributed by atoms with van der Waals surface area (Å²) in [7, 11) is 0. The lowest BCUT2D eigenvalue weighted by atomic mass is 10.0. The van der Waals surface area contributed by atoms with E-state index in [0.717, 1.165) is 15.7 Å². The van der Waals surface area contributed by atoms with E-state index in [0.29, 0.717) is 5.56 Å². The Balaban J connectivity index is 2.46. The molecule has 0 aliphatic heterocycles. The van der Waals surface area contributed by atoms with E-state index in [-0.39, 0.29) is 10.0 Å². The van der Waals surface area contributed by atoms with Crippen LogP contribution in [0.2, 0.25) is 0 Å². The molecule has 0 heterocycles. The average molecular weight is 423 g/mol. The van der Waals surface area contributed by atoms with Crippen LogP contribution in [0.4, 0.5) is 8.78 Å². The third kappa shape index (κ3) is 2.77. The Morgan fingerprint density at radius 2 is 1.67 bits per heavy atom. The van der Waals surface area contributed by atoms with Gasteiger partial charge in [-0.3, -0.25) is 4.79 Å². The van der Waals surface area contributed by atoms with Crippen LogP contribution in [0.15, 0.2) is 40.9 Å². The van der Waals surface area contributed by atoms with E-state index < -0.39 is 17.4 Å². The van der Waals surface area contributed by atoms with Crippen molar-refractivity contribution in [1.82, 2.24) is 0 Å². The molecule has 0 aromatic heterocycles. The quantitative estimate of drug-likeness (QED) is 0.394. The maximum Gasteiger partial charge on any atom is 0.196 e. The summed E-state index contributed by atoms with van der Waals surface area (Å²) < 4.78 is 27.9. The van der Waals surface area contributed by atoms with Gasteiger partial charge in [-0.05, 0) is 74.9 Å². The lowest BCUT2D eigenvalue weighted by Crippen LogP contribution is -2.05. The van der Waals surface area contributed by atoms with Gasteiger partial charge in [0.25, 0.3) is 0 Å². The molecule has 0 saturated heterocycles. The Labute approximate surface area is 124 Å². The highest BCUT2D eigenvalue weighted by molar-refractivity contribution is 14.1. The van der Waals surface area contributed by atoms with Crippen molar-refractivity contribution in [3.8, 4) is 0 Å². The largest absolute Gasteiger partial charge is 0.288 e. The van der Waals surface area contributed by atoms with E-state index >= 15 is 0 Å². The van der Waals surface area contributed by atoms with Gasteiger partial charge in [0, 0.05) is 9.13 Å². The number of hydrogen-bond acceptors (Lipinski definition) is 1. The standard InChI is InChI=1S/C13H6BrF2IO/c14-10-6-11(15)9(5-12(10)16)13(18)7-1-3-8(17)4-2-7/h1-6H. The van der Waals surface area contributed by atoms with Crippen LogP contribution in [0.5, 0.6) is 0 Å². The maximum absolute atomic E-state index is 13.6. The normalized spacial score (nSPS) is 10.4. The zero-order chi connectivity index (χ0) is 13.3. The molecule has 0 bridgehead atoms. The van der Waals surface area contributed by atoms with E-state index in [1.54, 1.807) is 24.3 Å². The monoisotopic (exact) mass is 422 g/mol. The molecule has 0 unspecified atom stereocenters. The number of benzene rings is 2. The van der Waals surface area contributed by atoms with Crippen LogP contribution >= 0.6 is 38.5 Å². The SMILES string of the molecule is O=C(c1ccc(I)cc1)c1cc(F)c(Br)cc1F. The molecule has 92 valence electrons. The molecule has 0 amide bonds. The van der Waals surface area contributed by atoms with Gasteiger partial charge in [0.15, 0.2) is 5.78 Å². The Hall–Kier alpha value is -0.820. The fourth-order valence-corrected chi connectivity index (χ4v) is 2.13. The van der Waals surface area contributed by atoms with Crippen molar-refractivity contribution < 1.29 is 13.6 Å². The zero-order valence-electron chi connectivity index (χ0n) is 8.88. The topological polar surface area (TPSA) is 17.1 Å². The second-order valence-electron chi connectivity index (χ2n) is 3.58. The first-order valence-corrected chi connectivity index (χ1v) is 6.81. The molecule has 0 aliphatic carbocycles. The smallest absolute Gasteiger partial charge is 0.196 e. The van der Waals surface area contributed by atoms with E-state index in [4.69, 9.17) is 0 Å². The van der Waals surface area contributed by atoms with Crippen molar-refractivity contribution in [3.63, 3.8) is 0 Å². The second-order valence-corrected chi connectivity index (χ2v) is 5.68. The number of carbonyl (C=O) groups excluding carboxylic acids is 1. The van der Waals surface area contributed by atoms with Gasteiger partial charge in [-0.2, -0.15) is 0 Å². The third-order valence-corrected chi connectivity index (χ3v) is 3.69.